The molecular weight excluding hydrogens is 448 g/mol. The number of rotatable bonds is 8. The van der Waals surface area contributed by atoms with E-state index in [0.29, 0.717) is 42.0 Å². The lowest BCUT2D eigenvalue weighted by atomic mass is 10.2. The van der Waals surface area contributed by atoms with Crippen LogP contribution in [0.2, 0.25) is 0 Å². The maximum atomic E-state index is 14.1. The lowest BCUT2D eigenvalue weighted by Crippen LogP contribution is -2.33. The van der Waals surface area contributed by atoms with Crippen LogP contribution in [0.15, 0.2) is 89.9 Å². The Morgan fingerprint density at radius 3 is 2.33 bits per heavy atom. The van der Waals surface area contributed by atoms with Crippen LogP contribution in [-0.4, -0.2) is 31.3 Å². The van der Waals surface area contributed by atoms with Crippen LogP contribution in [0.3, 0.4) is 0 Å². The number of unbranched alkanes of at least 4 members (excludes halogenated alkanes) is 1. The molecule has 5 rings (SSSR count). The topological polar surface area (TPSA) is 59.6 Å². The zero-order valence-electron chi connectivity index (χ0n) is 20.7. The number of pyridine rings is 1. The van der Waals surface area contributed by atoms with Gasteiger partial charge in [-0.2, -0.15) is 0 Å². The fourth-order valence-electron chi connectivity index (χ4n) is 4.58. The van der Waals surface area contributed by atoms with Crippen LogP contribution in [-0.2, 0) is 13.1 Å². The molecule has 0 aliphatic rings. The van der Waals surface area contributed by atoms with E-state index in [2.05, 4.69) is 6.92 Å². The Morgan fingerprint density at radius 1 is 0.944 bits per heavy atom. The molecule has 36 heavy (non-hydrogen) atoms. The Labute approximate surface area is 210 Å². The summed E-state index contributed by atoms with van der Waals surface area (Å²) in [5.41, 5.74) is 4.51. The molecule has 0 unspecified atom stereocenters. The molecule has 0 spiro atoms. The summed E-state index contributed by atoms with van der Waals surface area (Å²) in [6.45, 7) is 5.67. The molecule has 5 aromatic rings. The summed E-state index contributed by atoms with van der Waals surface area (Å²) < 4.78 is 3.47. The van der Waals surface area contributed by atoms with Gasteiger partial charge in [-0.05, 0) is 42.2 Å². The van der Waals surface area contributed by atoms with Gasteiger partial charge in [0.15, 0.2) is 0 Å². The SMILES string of the molecule is CCCCN(Cc1ccccc1)C(=O)c1cc2c(=O)n3cc(C)ccc3nc2n1Cc1ccccc1. The minimum absolute atomic E-state index is 0.0918. The molecular formula is C30H30N4O2. The van der Waals surface area contributed by atoms with Gasteiger partial charge in [0.2, 0.25) is 0 Å². The Hall–Kier alpha value is -4.19. The van der Waals surface area contributed by atoms with Gasteiger partial charge in [-0.1, -0.05) is 80.1 Å². The number of aromatic nitrogens is 3. The maximum Gasteiger partial charge on any atom is 0.270 e. The molecule has 0 N–H and O–H groups in total. The van der Waals surface area contributed by atoms with Crippen LogP contribution in [0.4, 0.5) is 0 Å². The minimum atomic E-state index is -0.164. The van der Waals surface area contributed by atoms with Crippen molar-refractivity contribution in [3.05, 3.63) is 118 Å². The Balaban J connectivity index is 1.67. The van der Waals surface area contributed by atoms with Crippen molar-refractivity contribution in [1.29, 1.82) is 0 Å². The van der Waals surface area contributed by atoms with Crippen LogP contribution >= 0.6 is 0 Å². The van der Waals surface area contributed by atoms with E-state index in [9.17, 15) is 9.59 Å². The van der Waals surface area contributed by atoms with Gasteiger partial charge in [0, 0.05) is 25.8 Å². The van der Waals surface area contributed by atoms with E-state index in [1.165, 1.54) is 0 Å². The molecule has 2 aromatic carbocycles. The van der Waals surface area contributed by atoms with E-state index in [4.69, 9.17) is 4.98 Å². The lowest BCUT2D eigenvalue weighted by molar-refractivity contribution is 0.0730. The molecule has 0 radical (unpaired) electrons. The van der Waals surface area contributed by atoms with E-state index in [-0.39, 0.29) is 11.5 Å². The molecule has 0 atom stereocenters. The number of benzene rings is 2. The summed E-state index contributed by atoms with van der Waals surface area (Å²) in [5, 5.41) is 0.451. The third kappa shape index (κ3) is 4.67. The highest BCUT2D eigenvalue weighted by Crippen LogP contribution is 2.21. The second-order valence-corrected chi connectivity index (χ2v) is 9.26. The van der Waals surface area contributed by atoms with Crippen LogP contribution in [0.1, 0.15) is 46.9 Å². The lowest BCUT2D eigenvalue weighted by Gasteiger charge is -2.23. The summed E-state index contributed by atoms with van der Waals surface area (Å²) in [5.74, 6) is -0.0918. The highest BCUT2D eigenvalue weighted by atomic mass is 16.2. The molecule has 0 aliphatic carbocycles. The molecule has 0 saturated carbocycles. The molecule has 182 valence electrons. The van der Waals surface area contributed by atoms with Gasteiger partial charge >= 0.3 is 0 Å². The van der Waals surface area contributed by atoms with Crippen molar-refractivity contribution in [3.8, 4) is 0 Å². The molecule has 3 aromatic heterocycles. The summed E-state index contributed by atoms with van der Waals surface area (Å²) in [4.78, 5) is 34.3. The highest BCUT2D eigenvalue weighted by Gasteiger charge is 2.24. The maximum absolute atomic E-state index is 14.1. The van der Waals surface area contributed by atoms with E-state index in [1.54, 1.807) is 16.7 Å². The number of nitrogens with zero attached hydrogens (tertiary/aromatic N) is 4. The third-order valence-corrected chi connectivity index (χ3v) is 6.50. The van der Waals surface area contributed by atoms with Crippen LogP contribution in [0.5, 0.6) is 0 Å². The van der Waals surface area contributed by atoms with Crippen molar-refractivity contribution >= 4 is 22.6 Å². The summed E-state index contributed by atoms with van der Waals surface area (Å²) in [7, 11) is 0. The van der Waals surface area contributed by atoms with Crippen molar-refractivity contribution in [1.82, 2.24) is 18.9 Å². The first-order valence-electron chi connectivity index (χ1n) is 12.4. The van der Waals surface area contributed by atoms with Crippen molar-refractivity contribution < 1.29 is 4.79 Å². The molecule has 0 fully saturated rings. The van der Waals surface area contributed by atoms with Gasteiger partial charge in [0.25, 0.3) is 11.5 Å². The van der Waals surface area contributed by atoms with Gasteiger partial charge in [0.1, 0.15) is 17.0 Å². The first-order chi connectivity index (χ1) is 17.5. The van der Waals surface area contributed by atoms with Crippen molar-refractivity contribution in [2.75, 3.05) is 6.54 Å². The first kappa shape index (κ1) is 23.5. The van der Waals surface area contributed by atoms with E-state index >= 15 is 0 Å². The highest BCUT2D eigenvalue weighted by molar-refractivity contribution is 5.98. The average Bonchev–Trinajstić information content (AvgIpc) is 3.26. The van der Waals surface area contributed by atoms with E-state index < -0.39 is 0 Å². The first-order valence-corrected chi connectivity index (χ1v) is 12.4. The Kier molecular flexibility index (Phi) is 6.67. The van der Waals surface area contributed by atoms with Gasteiger partial charge in [0.05, 0.1) is 5.39 Å². The van der Waals surface area contributed by atoms with Gasteiger partial charge in [-0.25, -0.2) is 4.98 Å². The number of fused-ring (bicyclic) bond motifs is 2. The van der Waals surface area contributed by atoms with Crippen molar-refractivity contribution in [2.45, 2.75) is 39.8 Å². The van der Waals surface area contributed by atoms with E-state index in [0.717, 1.165) is 29.5 Å². The number of aryl methyl sites for hydroxylation is 1. The zero-order chi connectivity index (χ0) is 25.1. The molecule has 1 amide bonds. The smallest absolute Gasteiger partial charge is 0.270 e. The van der Waals surface area contributed by atoms with Gasteiger partial charge in [-0.15, -0.1) is 0 Å². The van der Waals surface area contributed by atoms with Crippen molar-refractivity contribution in [3.63, 3.8) is 0 Å². The largest absolute Gasteiger partial charge is 0.333 e. The number of hydrogen-bond donors (Lipinski definition) is 0. The summed E-state index contributed by atoms with van der Waals surface area (Å²) >= 11 is 0. The molecule has 0 bridgehead atoms. The molecule has 3 heterocycles. The number of amides is 1. The van der Waals surface area contributed by atoms with Crippen LogP contribution in [0, 0.1) is 6.92 Å². The monoisotopic (exact) mass is 478 g/mol. The van der Waals surface area contributed by atoms with Crippen LogP contribution < -0.4 is 5.56 Å². The Morgan fingerprint density at radius 2 is 1.64 bits per heavy atom. The molecule has 6 nitrogen and oxygen atoms in total. The Bertz CT molecular complexity index is 1570. The molecule has 0 saturated heterocycles. The normalized spacial score (nSPS) is 11.3. The number of hydrogen-bond acceptors (Lipinski definition) is 3. The minimum Gasteiger partial charge on any atom is -0.333 e. The standard InChI is InChI=1S/C30H30N4O2/c1-3-4-17-32(20-23-11-7-5-8-12-23)30(36)26-18-25-28(33(26)21-24-13-9-6-10-14-24)31-27-16-15-22(2)19-34(27)29(25)35/h5-16,18-19H,3-4,17,20-21H2,1-2H3. The molecule has 0 aliphatic heterocycles. The third-order valence-electron chi connectivity index (χ3n) is 6.50. The van der Waals surface area contributed by atoms with Gasteiger partial charge < -0.3 is 9.47 Å². The quantitative estimate of drug-likeness (QED) is 0.298. The van der Waals surface area contributed by atoms with E-state index in [1.807, 2.05) is 89.2 Å². The summed E-state index contributed by atoms with van der Waals surface area (Å²) in [6, 6.07) is 25.5. The zero-order valence-corrected chi connectivity index (χ0v) is 20.7. The summed E-state index contributed by atoms with van der Waals surface area (Å²) in [6.07, 6.45) is 3.68. The van der Waals surface area contributed by atoms with Crippen molar-refractivity contribution in [2.24, 2.45) is 0 Å². The fourth-order valence-corrected chi connectivity index (χ4v) is 4.58. The van der Waals surface area contributed by atoms with Gasteiger partial charge in [-0.3, -0.25) is 14.0 Å². The fraction of sp³-hybridized carbons (Fsp3) is 0.233. The predicted molar refractivity (Wildman–Crippen MR) is 143 cm³/mol. The number of carbonyl (C=O) groups is 1. The second-order valence-electron chi connectivity index (χ2n) is 9.26. The molecule has 6 heteroatoms. The number of carbonyl (C=O) groups excluding carboxylic acids is 1. The van der Waals surface area contributed by atoms with Crippen LogP contribution in [0.25, 0.3) is 16.7 Å². The second kappa shape index (κ2) is 10.2. The average molecular weight is 479 g/mol. The predicted octanol–water partition coefficient (Wildman–Crippen LogP) is 5.45.